The number of benzene rings is 1. The number of nitriles is 1. The van der Waals surface area contributed by atoms with E-state index in [2.05, 4.69) is 15.3 Å². The number of carbonyl (C=O) groups is 1. The Hall–Kier alpha value is -3.22. The van der Waals surface area contributed by atoms with Crippen molar-refractivity contribution >= 4 is 28.5 Å². The fourth-order valence-corrected chi connectivity index (χ4v) is 4.11. The van der Waals surface area contributed by atoms with Gasteiger partial charge in [-0.3, -0.25) is 4.79 Å². The van der Waals surface area contributed by atoms with Gasteiger partial charge in [0.15, 0.2) is 5.17 Å². The minimum atomic E-state index is -1.04. The summed E-state index contributed by atoms with van der Waals surface area (Å²) in [5.41, 5.74) is 6.99. The lowest BCUT2D eigenvalue weighted by Crippen LogP contribution is -2.40. The molecule has 7 nitrogen and oxygen atoms in total. The second-order valence-corrected chi connectivity index (χ2v) is 7.46. The molecule has 2 aliphatic heterocycles. The zero-order chi connectivity index (χ0) is 20.4. The molecule has 1 aromatic heterocycles. The van der Waals surface area contributed by atoms with Gasteiger partial charge < -0.3 is 15.8 Å². The first kappa shape index (κ1) is 19.1. The van der Waals surface area contributed by atoms with Crippen molar-refractivity contribution < 1.29 is 13.9 Å². The Labute approximate surface area is 170 Å². The van der Waals surface area contributed by atoms with Gasteiger partial charge in [-0.1, -0.05) is 11.8 Å². The van der Waals surface area contributed by atoms with Gasteiger partial charge in [0.1, 0.15) is 23.1 Å². The molecule has 1 saturated heterocycles. The van der Waals surface area contributed by atoms with Crippen LogP contribution in [0.25, 0.3) is 0 Å². The topological polar surface area (TPSA) is 113 Å². The first-order valence-electron chi connectivity index (χ1n) is 8.78. The number of nitrogens with zero attached hydrogens (tertiary/aromatic N) is 3. The first-order chi connectivity index (χ1) is 14.0. The van der Waals surface area contributed by atoms with Gasteiger partial charge in [0.2, 0.25) is 0 Å². The number of carbonyl (C=O) groups excluding carboxylic acids is 1. The van der Waals surface area contributed by atoms with E-state index in [9.17, 15) is 9.18 Å². The number of hydrogen-bond donors (Lipinski definition) is 2. The van der Waals surface area contributed by atoms with Gasteiger partial charge in [-0.05, 0) is 47.7 Å². The molecule has 1 atom stereocenters. The number of aromatic nitrogens is 1. The van der Waals surface area contributed by atoms with Crippen LogP contribution >= 0.6 is 11.8 Å². The Morgan fingerprint density at radius 3 is 3.00 bits per heavy atom. The van der Waals surface area contributed by atoms with Crippen molar-refractivity contribution in [3.63, 3.8) is 0 Å². The lowest BCUT2D eigenvalue weighted by Gasteiger charge is -2.39. The van der Waals surface area contributed by atoms with Crippen molar-refractivity contribution in [1.82, 2.24) is 4.98 Å². The Kier molecular flexibility index (Phi) is 5.05. The molecule has 29 heavy (non-hydrogen) atoms. The number of rotatable bonds is 3. The molecular weight excluding hydrogens is 393 g/mol. The zero-order valence-corrected chi connectivity index (χ0v) is 16.0. The fourth-order valence-electron chi connectivity index (χ4n) is 3.33. The molecule has 146 valence electrons. The van der Waals surface area contributed by atoms with Crippen LogP contribution in [0.1, 0.15) is 28.0 Å². The minimum absolute atomic E-state index is 0.144. The molecule has 0 aliphatic carbocycles. The molecule has 1 fully saturated rings. The van der Waals surface area contributed by atoms with Crippen LogP contribution < -0.4 is 11.1 Å². The van der Waals surface area contributed by atoms with Crippen molar-refractivity contribution in [2.45, 2.75) is 12.0 Å². The molecule has 0 unspecified atom stereocenters. The van der Waals surface area contributed by atoms with E-state index in [1.807, 2.05) is 11.5 Å². The number of halogens is 1. The molecule has 3 N–H and O–H groups in total. The summed E-state index contributed by atoms with van der Waals surface area (Å²) in [6.07, 6.45) is 1.94. The molecule has 1 aromatic carbocycles. The minimum Gasteiger partial charge on any atom is -0.378 e. The highest BCUT2D eigenvalue weighted by Gasteiger charge is 2.43. The Bertz CT molecular complexity index is 1080. The number of thioether (sulfide) groups is 1. The highest BCUT2D eigenvalue weighted by Crippen LogP contribution is 2.44. The fraction of sp³-hybridized carbons (Fsp3) is 0.200. The maximum absolute atomic E-state index is 14.8. The molecule has 0 spiro atoms. The number of anilines is 1. The maximum atomic E-state index is 14.8. The smallest absolute Gasteiger partial charge is 0.274 e. The number of aliphatic imine (C=N–C) groups is 1. The zero-order valence-electron chi connectivity index (χ0n) is 15.2. The van der Waals surface area contributed by atoms with Crippen molar-refractivity contribution in [1.29, 1.82) is 5.26 Å². The standard InChI is InChI=1S/C20H16FN5O2S/c21-16-3-2-14(25-18(27)17-4-1-12(8-22)9-24-17)7-15(16)20-11-28-6-5-13(20)10-29-19(23)26-20/h1-4,7,9-10H,5-6,11H2,(H2,23,26)(H,25,27)/t20-/m0/s1. The van der Waals surface area contributed by atoms with Gasteiger partial charge >= 0.3 is 0 Å². The molecule has 0 bridgehead atoms. The molecule has 0 radical (unpaired) electrons. The van der Waals surface area contributed by atoms with Crippen LogP contribution in [0.5, 0.6) is 0 Å². The molecule has 4 rings (SSSR count). The second-order valence-electron chi connectivity index (χ2n) is 6.57. The molecule has 3 heterocycles. The first-order valence-corrected chi connectivity index (χ1v) is 9.66. The van der Waals surface area contributed by atoms with Gasteiger partial charge in [0.05, 0.1) is 18.8 Å². The van der Waals surface area contributed by atoms with E-state index < -0.39 is 17.3 Å². The van der Waals surface area contributed by atoms with E-state index >= 15 is 0 Å². The summed E-state index contributed by atoms with van der Waals surface area (Å²) in [4.78, 5) is 21.0. The summed E-state index contributed by atoms with van der Waals surface area (Å²) in [6.45, 7) is 0.706. The molecule has 2 aromatic rings. The van der Waals surface area contributed by atoms with E-state index in [-0.39, 0.29) is 17.9 Å². The van der Waals surface area contributed by atoms with E-state index in [0.29, 0.717) is 29.4 Å². The highest BCUT2D eigenvalue weighted by atomic mass is 32.2. The molecular formula is C20H16FN5O2S. The number of hydrogen-bond acceptors (Lipinski definition) is 7. The third-order valence-electron chi connectivity index (χ3n) is 4.78. The van der Waals surface area contributed by atoms with Crippen LogP contribution in [-0.4, -0.2) is 29.3 Å². The van der Waals surface area contributed by atoms with E-state index in [1.54, 1.807) is 6.07 Å². The summed E-state index contributed by atoms with van der Waals surface area (Å²) >= 11 is 1.30. The molecule has 0 saturated carbocycles. The number of amidine groups is 1. The van der Waals surface area contributed by atoms with Crippen LogP contribution in [0.3, 0.4) is 0 Å². The van der Waals surface area contributed by atoms with Crippen molar-refractivity contribution in [2.24, 2.45) is 10.7 Å². The average molecular weight is 409 g/mol. The maximum Gasteiger partial charge on any atom is 0.274 e. The second kappa shape index (κ2) is 7.66. The number of nitrogens with one attached hydrogen (secondary N) is 1. The summed E-state index contributed by atoms with van der Waals surface area (Å²) in [7, 11) is 0. The van der Waals surface area contributed by atoms with Crippen LogP contribution in [0, 0.1) is 17.1 Å². The van der Waals surface area contributed by atoms with Crippen molar-refractivity contribution in [3.8, 4) is 6.07 Å². The van der Waals surface area contributed by atoms with Crippen LogP contribution in [0.2, 0.25) is 0 Å². The van der Waals surface area contributed by atoms with Gasteiger partial charge in [-0.25, -0.2) is 14.4 Å². The monoisotopic (exact) mass is 409 g/mol. The normalized spacial score (nSPS) is 20.7. The van der Waals surface area contributed by atoms with E-state index in [4.69, 9.17) is 15.7 Å². The number of ether oxygens (including phenoxy) is 1. The van der Waals surface area contributed by atoms with Gasteiger partial charge in [-0.15, -0.1) is 0 Å². The number of fused-ring (bicyclic) bond motifs is 1. The lowest BCUT2D eigenvalue weighted by molar-refractivity contribution is 0.0688. The van der Waals surface area contributed by atoms with Crippen molar-refractivity contribution in [3.05, 3.63) is 70.1 Å². The number of pyridine rings is 1. The predicted molar refractivity (Wildman–Crippen MR) is 108 cm³/mol. The third kappa shape index (κ3) is 3.60. The van der Waals surface area contributed by atoms with E-state index in [0.717, 1.165) is 5.57 Å². The quantitative estimate of drug-likeness (QED) is 0.806. The number of amides is 1. The summed E-state index contributed by atoms with van der Waals surface area (Å²) in [5.74, 6) is -0.929. The largest absolute Gasteiger partial charge is 0.378 e. The van der Waals surface area contributed by atoms with Gasteiger partial charge in [-0.2, -0.15) is 5.26 Å². The molecule has 9 heteroatoms. The van der Waals surface area contributed by atoms with Crippen LogP contribution in [0.4, 0.5) is 10.1 Å². The van der Waals surface area contributed by atoms with Crippen LogP contribution in [0.15, 0.2) is 52.5 Å². The van der Waals surface area contributed by atoms with Crippen molar-refractivity contribution in [2.75, 3.05) is 18.5 Å². The Morgan fingerprint density at radius 2 is 2.24 bits per heavy atom. The van der Waals surface area contributed by atoms with Crippen LogP contribution in [-0.2, 0) is 10.3 Å². The summed E-state index contributed by atoms with van der Waals surface area (Å²) in [5, 5.41) is 13.8. The lowest BCUT2D eigenvalue weighted by atomic mass is 9.81. The number of nitrogens with two attached hydrogens (primary N) is 1. The average Bonchev–Trinajstić information content (AvgIpc) is 2.74. The molecule has 1 amide bonds. The third-order valence-corrected chi connectivity index (χ3v) is 5.51. The highest BCUT2D eigenvalue weighted by molar-refractivity contribution is 8.16. The van der Waals surface area contributed by atoms with E-state index in [1.165, 1.54) is 42.2 Å². The predicted octanol–water partition coefficient (Wildman–Crippen LogP) is 2.91. The SMILES string of the molecule is N#Cc1ccc(C(=O)Nc2ccc(F)c([C@]34COCCC3=CSC(N)=N4)c2)nc1. The van der Waals surface area contributed by atoms with Gasteiger partial charge in [0.25, 0.3) is 5.91 Å². The van der Waals surface area contributed by atoms with Gasteiger partial charge in [0, 0.05) is 17.4 Å². The summed E-state index contributed by atoms with van der Waals surface area (Å²) < 4.78 is 20.4. The summed E-state index contributed by atoms with van der Waals surface area (Å²) in [6, 6.07) is 9.20. The Balaban J connectivity index is 1.67. The Morgan fingerprint density at radius 1 is 1.38 bits per heavy atom. The molecule has 2 aliphatic rings.